The van der Waals surface area contributed by atoms with Gasteiger partial charge in [0.1, 0.15) is 11.5 Å². The number of benzene rings is 1. The van der Waals surface area contributed by atoms with Crippen molar-refractivity contribution < 1.29 is 24.2 Å². The fourth-order valence-electron chi connectivity index (χ4n) is 1.04. The zero-order valence-corrected chi connectivity index (χ0v) is 8.27. The Labute approximate surface area is 86.2 Å². The predicted molar refractivity (Wildman–Crippen MR) is 48.6 cm³/mol. The highest BCUT2D eigenvalue weighted by atomic mass is 16.5. The monoisotopic (exact) mass is 209 g/mol. The molecule has 0 heterocycles. The summed E-state index contributed by atoms with van der Waals surface area (Å²) in [4.78, 5) is 21.4. The quantitative estimate of drug-likeness (QED) is 0.516. The van der Waals surface area contributed by atoms with Gasteiger partial charge in [-0.15, -0.1) is 0 Å². The van der Waals surface area contributed by atoms with Crippen molar-refractivity contribution in [3.63, 3.8) is 0 Å². The number of rotatable bonds is 3. The van der Waals surface area contributed by atoms with Gasteiger partial charge in [0, 0.05) is 12.5 Å². The van der Waals surface area contributed by atoms with Crippen LogP contribution in [0.5, 0.6) is 11.5 Å². The van der Waals surface area contributed by atoms with Crippen molar-refractivity contribution in [1.82, 2.24) is 0 Å². The van der Waals surface area contributed by atoms with E-state index in [1.165, 1.54) is 32.2 Å². The number of hydrogen-bond donors (Lipinski definition) is 0. The molecule has 0 N–H and O–H groups in total. The van der Waals surface area contributed by atoms with Gasteiger partial charge in [-0.05, 0) is 18.2 Å². The molecule has 0 saturated carbocycles. The second-order valence-corrected chi connectivity index (χ2v) is 2.74. The van der Waals surface area contributed by atoms with E-state index in [-0.39, 0.29) is 11.3 Å². The molecule has 0 atom stereocenters. The summed E-state index contributed by atoms with van der Waals surface area (Å²) in [6, 6.07) is 4.06. The lowest BCUT2D eigenvalue weighted by Crippen LogP contribution is -2.23. The van der Waals surface area contributed by atoms with Crippen molar-refractivity contribution in [2.45, 2.75) is 6.92 Å². The van der Waals surface area contributed by atoms with Gasteiger partial charge in [-0.1, -0.05) is 0 Å². The number of ether oxygens (including phenoxy) is 2. The van der Waals surface area contributed by atoms with Gasteiger partial charge in [-0.25, -0.2) is 0 Å². The molecule has 0 amide bonds. The molecule has 0 aromatic heterocycles. The average Bonchev–Trinajstić information content (AvgIpc) is 2.17. The first kappa shape index (κ1) is 11.0. The highest BCUT2D eigenvalue weighted by Gasteiger charge is 2.08. The molecule has 0 saturated heterocycles. The molecule has 0 aliphatic carbocycles. The molecular formula is C10H9O5-. The van der Waals surface area contributed by atoms with E-state index in [0.717, 1.165) is 0 Å². The first-order valence-corrected chi connectivity index (χ1v) is 4.12. The molecule has 0 bridgehead atoms. The third-order valence-electron chi connectivity index (χ3n) is 1.66. The number of carbonyl (C=O) groups excluding carboxylic acids is 2. The molecule has 1 aromatic carbocycles. The Morgan fingerprint density at radius 2 is 2.00 bits per heavy atom. The molecule has 0 spiro atoms. The summed E-state index contributed by atoms with van der Waals surface area (Å²) < 4.78 is 9.52. The SMILES string of the molecule is COc1ccc(OC(C)=O)c(C(=O)[O-])c1. The van der Waals surface area contributed by atoms with E-state index in [9.17, 15) is 14.7 Å². The van der Waals surface area contributed by atoms with Gasteiger partial charge in [0.2, 0.25) is 0 Å². The Hall–Kier alpha value is -2.04. The van der Waals surface area contributed by atoms with Gasteiger partial charge in [0.15, 0.2) is 0 Å². The highest BCUT2D eigenvalue weighted by molar-refractivity contribution is 5.90. The number of methoxy groups -OCH3 is 1. The van der Waals surface area contributed by atoms with Crippen LogP contribution in [0.2, 0.25) is 0 Å². The Kier molecular flexibility index (Phi) is 3.28. The molecule has 1 rings (SSSR count). The van der Waals surface area contributed by atoms with Crippen LogP contribution in [0.3, 0.4) is 0 Å². The number of carbonyl (C=O) groups is 2. The Bertz CT molecular complexity index is 397. The Balaban J connectivity index is 3.15. The van der Waals surface area contributed by atoms with E-state index in [1.807, 2.05) is 0 Å². The second kappa shape index (κ2) is 4.45. The molecule has 15 heavy (non-hydrogen) atoms. The minimum atomic E-state index is -1.43. The van der Waals surface area contributed by atoms with E-state index in [4.69, 9.17) is 9.47 Å². The van der Waals surface area contributed by atoms with Gasteiger partial charge >= 0.3 is 5.97 Å². The van der Waals surface area contributed by atoms with Crippen molar-refractivity contribution >= 4 is 11.9 Å². The lowest BCUT2D eigenvalue weighted by Gasteiger charge is -2.10. The van der Waals surface area contributed by atoms with Crippen molar-refractivity contribution in [3.8, 4) is 11.5 Å². The van der Waals surface area contributed by atoms with Crippen LogP contribution in [-0.4, -0.2) is 19.0 Å². The molecule has 80 valence electrons. The van der Waals surface area contributed by atoms with Gasteiger partial charge in [0.05, 0.1) is 13.1 Å². The van der Waals surface area contributed by atoms with E-state index in [0.29, 0.717) is 5.75 Å². The largest absolute Gasteiger partial charge is 0.545 e. The lowest BCUT2D eigenvalue weighted by atomic mass is 10.2. The summed E-state index contributed by atoms with van der Waals surface area (Å²) in [5, 5.41) is 10.7. The molecule has 1 aromatic rings. The standard InChI is InChI=1S/C10H10O5/c1-6(11)15-9-4-3-7(14-2)5-8(9)10(12)13/h3-5H,1-2H3,(H,12,13)/p-1. The van der Waals surface area contributed by atoms with Crippen LogP contribution < -0.4 is 14.6 Å². The zero-order chi connectivity index (χ0) is 11.4. The van der Waals surface area contributed by atoms with Crippen LogP contribution in [0.25, 0.3) is 0 Å². The summed E-state index contributed by atoms with van der Waals surface area (Å²) in [5.74, 6) is -1.72. The summed E-state index contributed by atoms with van der Waals surface area (Å²) in [5.41, 5.74) is -0.218. The first-order valence-electron chi connectivity index (χ1n) is 4.12. The maximum absolute atomic E-state index is 10.7. The summed E-state index contributed by atoms with van der Waals surface area (Å²) >= 11 is 0. The third-order valence-corrected chi connectivity index (χ3v) is 1.66. The topological polar surface area (TPSA) is 75.7 Å². The average molecular weight is 209 g/mol. The van der Waals surface area contributed by atoms with Crippen LogP contribution in [-0.2, 0) is 4.79 Å². The van der Waals surface area contributed by atoms with E-state index < -0.39 is 11.9 Å². The maximum Gasteiger partial charge on any atom is 0.308 e. The minimum Gasteiger partial charge on any atom is -0.545 e. The highest BCUT2D eigenvalue weighted by Crippen LogP contribution is 2.23. The van der Waals surface area contributed by atoms with Crippen LogP contribution in [0, 0.1) is 0 Å². The van der Waals surface area contributed by atoms with E-state index in [2.05, 4.69) is 0 Å². The first-order chi connectivity index (χ1) is 7.04. The van der Waals surface area contributed by atoms with Gasteiger partial charge < -0.3 is 19.4 Å². The molecule has 0 radical (unpaired) electrons. The minimum absolute atomic E-state index is 0.0525. The van der Waals surface area contributed by atoms with Crippen LogP contribution in [0.15, 0.2) is 18.2 Å². The molecule has 0 fully saturated rings. The van der Waals surface area contributed by atoms with Crippen LogP contribution >= 0.6 is 0 Å². The van der Waals surface area contributed by atoms with Gasteiger partial charge in [-0.3, -0.25) is 4.79 Å². The smallest absolute Gasteiger partial charge is 0.308 e. The fourth-order valence-corrected chi connectivity index (χ4v) is 1.04. The fraction of sp³-hybridized carbons (Fsp3) is 0.200. The summed E-state index contributed by atoms with van der Waals surface area (Å²) in [6.07, 6.45) is 0. The predicted octanol–water partition coefficient (Wildman–Crippen LogP) is -0.0160. The van der Waals surface area contributed by atoms with Crippen molar-refractivity contribution in [2.24, 2.45) is 0 Å². The Morgan fingerprint density at radius 3 is 2.47 bits per heavy atom. The molecule has 5 heteroatoms. The van der Waals surface area contributed by atoms with E-state index in [1.54, 1.807) is 0 Å². The van der Waals surface area contributed by atoms with Gasteiger partial charge in [0.25, 0.3) is 0 Å². The Morgan fingerprint density at radius 1 is 1.33 bits per heavy atom. The number of aromatic carboxylic acids is 1. The van der Waals surface area contributed by atoms with Crippen LogP contribution in [0.4, 0.5) is 0 Å². The van der Waals surface area contributed by atoms with Crippen molar-refractivity contribution in [1.29, 1.82) is 0 Å². The van der Waals surface area contributed by atoms with Crippen LogP contribution in [0.1, 0.15) is 17.3 Å². The number of hydrogen-bond acceptors (Lipinski definition) is 5. The van der Waals surface area contributed by atoms with Crippen molar-refractivity contribution in [3.05, 3.63) is 23.8 Å². The van der Waals surface area contributed by atoms with Gasteiger partial charge in [-0.2, -0.15) is 0 Å². The summed E-state index contributed by atoms with van der Waals surface area (Å²) in [6.45, 7) is 1.18. The number of carboxylic acids is 1. The number of carboxylic acid groups (broad SMARTS) is 1. The summed E-state index contributed by atoms with van der Waals surface area (Å²) in [7, 11) is 1.40. The molecule has 0 aliphatic heterocycles. The zero-order valence-electron chi connectivity index (χ0n) is 8.27. The third kappa shape index (κ3) is 2.70. The number of esters is 1. The maximum atomic E-state index is 10.7. The molecular weight excluding hydrogens is 200 g/mol. The normalized spacial score (nSPS) is 9.47. The van der Waals surface area contributed by atoms with E-state index >= 15 is 0 Å². The molecule has 5 nitrogen and oxygen atoms in total. The molecule has 0 aliphatic rings. The lowest BCUT2D eigenvalue weighted by molar-refractivity contribution is -0.255. The second-order valence-electron chi connectivity index (χ2n) is 2.74. The molecule has 0 unspecified atom stereocenters. The van der Waals surface area contributed by atoms with Crippen molar-refractivity contribution in [2.75, 3.05) is 7.11 Å².